The molecule has 134 valence electrons. The Hall–Kier alpha value is -2.80. The minimum atomic E-state index is 0.0428. The van der Waals surface area contributed by atoms with E-state index in [0.29, 0.717) is 22.6 Å². The Labute approximate surface area is 156 Å². The van der Waals surface area contributed by atoms with E-state index < -0.39 is 0 Å². The smallest absolute Gasteiger partial charge is 0.223 e. The van der Waals surface area contributed by atoms with Crippen LogP contribution >= 0.6 is 11.6 Å². The zero-order chi connectivity index (χ0) is 18.1. The number of aromatic nitrogens is 4. The van der Waals surface area contributed by atoms with Gasteiger partial charge in [-0.05, 0) is 37.5 Å². The molecular weight excluding hydrogens is 350 g/mol. The average molecular weight is 370 g/mol. The molecular formula is C18H20ClN7. The van der Waals surface area contributed by atoms with Crippen LogP contribution < -0.4 is 16.4 Å². The molecule has 5 N–H and O–H groups in total. The highest BCUT2D eigenvalue weighted by atomic mass is 35.5. The number of rotatable bonds is 6. The van der Waals surface area contributed by atoms with Crippen molar-refractivity contribution in [3.63, 3.8) is 0 Å². The average Bonchev–Trinajstić information content (AvgIpc) is 3.35. The SMILES string of the molecule is CC(Nc1cc(Nc2cc(C3CC3)[nH]n2)nc(N)n1)c1ccc(Cl)cc1. The molecule has 0 amide bonds. The standard InChI is InChI=1S/C18H20ClN7/c1-10(11-4-6-13(19)7-5-11)21-15-9-16(24-18(20)23-15)22-17-8-14(25-26-17)12-2-3-12/h4-10,12H,2-3H2,1H3,(H5,20,21,22,23,24,25,26). The van der Waals surface area contributed by atoms with Crippen LogP contribution in [0.5, 0.6) is 0 Å². The fourth-order valence-electron chi connectivity index (χ4n) is 2.80. The van der Waals surface area contributed by atoms with E-state index in [2.05, 4.69) is 30.8 Å². The van der Waals surface area contributed by atoms with Gasteiger partial charge in [-0.15, -0.1) is 0 Å². The van der Waals surface area contributed by atoms with Crippen LogP contribution in [0.2, 0.25) is 5.02 Å². The molecule has 1 unspecified atom stereocenters. The third kappa shape index (κ3) is 3.88. The van der Waals surface area contributed by atoms with E-state index in [0.717, 1.165) is 17.1 Å². The van der Waals surface area contributed by atoms with Crippen LogP contribution in [0.3, 0.4) is 0 Å². The molecule has 2 aromatic heterocycles. The van der Waals surface area contributed by atoms with Gasteiger partial charge in [-0.25, -0.2) is 0 Å². The van der Waals surface area contributed by atoms with Gasteiger partial charge in [0.25, 0.3) is 0 Å². The summed E-state index contributed by atoms with van der Waals surface area (Å²) in [5.74, 6) is 2.77. The minimum absolute atomic E-state index is 0.0428. The fourth-order valence-corrected chi connectivity index (χ4v) is 2.92. The summed E-state index contributed by atoms with van der Waals surface area (Å²) in [7, 11) is 0. The lowest BCUT2D eigenvalue weighted by molar-refractivity contribution is 0.873. The quantitative estimate of drug-likeness (QED) is 0.518. The van der Waals surface area contributed by atoms with E-state index in [4.69, 9.17) is 17.3 Å². The number of aromatic amines is 1. The van der Waals surface area contributed by atoms with Gasteiger partial charge in [0.2, 0.25) is 5.95 Å². The summed E-state index contributed by atoms with van der Waals surface area (Å²) in [6.07, 6.45) is 2.44. The topological polar surface area (TPSA) is 105 Å². The second-order valence-electron chi connectivity index (χ2n) is 6.52. The lowest BCUT2D eigenvalue weighted by Gasteiger charge is -2.16. The summed E-state index contributed by atoms with van der Waals surface area (Å²) in [4.78, 5) is 8.50. The van der Waals surface area contributed by atoms with Crippen LogP contribution in [0, 0.1) is 0 Å². The summed E-state index contributed by atoms with van der Waals surface area (Å²) in [5, 5.41) is 14.6. The predicted octanol–water partition coefficient (Wildman–Crippen LogP) is 4.23. The molecule has 1 aromatic carbocycles. The second-order valence-corrected chi connectivity index (χ2v) is 6.96. The van der Waals surface area contributed by atoms with E-state index in [9.17, 15) is 0 Å². The molecule has 0 aliphatic heterocycles. The molecule has 1 aliphatic rings. The highest BCUT2D eigenvalue weighted by molar-refractivity contribution is 6.30. The zero-order valence-corrected chi connectivity index (χ0v) is 15.1. The van der Waals surface area contributed by atoms with Gasteiger partial charge in [0, 0.05) is 34.8 Å². The van der Waals surface area contributed by atoms with Crippen LogP contribution in [0.15, 0.2) is 36.4 Å². The van der Waals surface area contributed by atoms with E-state index in [1.165, 1.54) is 12.8 Å². The second kappa shape index (κ2) is 6.84. The Kier molecular flexibility index (Phi) is 4.38. The number of anilines is 4. The predicted molar refractivity (Wildman–Crippen MR) is 104 cm³/mol. The van der Waals surface area contributed by atoms with Crippen molar-refractivity contribution in [3.05, 3.63) is 52.7 Å². The van der Waals surface area contributed by atoms with E-state index in [-0.39, 0.29) is 12.0 Å². The van der Waals surface area contributed by atoms with Gasteiger partial charge in [0.1, 0.15) is 11.6 Å². The third-order valence-corrected chi connectivity index (χ3v) is 4.60. The molecule has 0 bridgehead atoms. The van der Waals surface area contributed by atoms with Crippen molar-refractivity contribution in [2.75, 3.05) is 16.4 Å². The zero-order valence-electron chi connectivity index (χ0n) is 14.3. The van der Waals surface area contributed by atoms with Crippen LogP contribution in [0.1, 0.15) is 43.0 Å². The number of H-pyrrole nitrogens is 1. The van der Waals surface area contributed by atoms with E-state index in [1.807, 2.05) is 43.3 Å². The summed E-state index contributed by atoms with van der Waals surface area (Å²) in [6.45, 7) is 2.05. The van der Waals surface area contributed by atoms with Crippen LogP contribution in [0.25, 0.3) is 0 Å². The maximum Gasteiger partial charge on any atom is 0.223 e. The Bertz CT molecular complexity index is 902. The van der Waals surface area contributed by atoms with Gasteiger partial charge < -0.3 is 16.4 Å². The van der Waals surface area contributed by atoms with Gasteiger partial charge in [0.05, 0.1) is 0 Å². The molecule has 26 heavy (non-hydrogen) atoms. The number of nitrogens with two attached hydrogens (primary N) is 1. The van der Waals surface area contributed by atoms with Crippen molar-refractivity contribution in [2.24, 2.45) is 0 Å². The fraction of sp³-hybridized carbons (Fsp3) is 0.278. The Balaban J connectivity index is 1.48. The molecule has 1 atom stereocenters. The minimum Gasteiger partial charge on any atom is -0.368 e. The normalized spacial score (nSPS) is 14.8. The molecule has 3 aromatic rings. The molecule has 1 fully saturated rings. The molecule has 0 saturated heterocycles. The van der Waals surface area contributed by atoms with Crippen molar-refractivity contribution in [1.82, 2.24) is 20.2 Å². The van der Waals surface area contributed by atoms with Crippen molar-refractivity contribution < 1.29 is 0 Å². The number of nitrogen functional groups attached to an aromatic ring is 1. The maximum atomic E-state index is 5.95. The van der Waals surface area contributed by atoms with Crippen molar-refractivity contribution >= 4 is 35.0 Å². The third-order valence-electron chi connectivity index (χ3n) is 4.35. The molecule has 4 rings (SSSR count). The summed E-state index contributed by atoms with van der Waals surface area (Å²) in [5.41, 5.74) is 8.12. The molecule has 0 spiro atoms. The molecule has 7 nitrogen and oxygen atoms in total. The van der Waals surface area contributed by atoms with Crippen molar-refractivity contribution in [1.29, 1.82) is 0 Å². The number of benzene rings is 1. The highest BCUT2D eigenvalue weighted by Gasteiger charge is 2.25. The monoisotopic (exact) mass is 369 g/mol. The lowest BCUT2D eigenvalue weighted by Crippen LogP contribution is -2.10. The lowest BCUT2D eigenvalue weighted by atomic mass is 10.1. The largest absolute Gasteiger partial charge is 0.368 e. The summed E-state index contributed by atoms with van der Waals surface area (Å²) >= 11 is 5.95. The Morgan fingerprint density at radius 3 is 2.58 bits per heavy atom. The first-order chi connectivity index (χ1) is 12.6. The van der Waals surface area contributed by atoms with Crippen LogP contribution in [-0.2, 0) is 0 Å². The Morgan fingerprint density at radius 1 is 1.12 bits per heavy atom. The van der Waals surface area contributed by atoms with Gasteiger partial charge >= 0.3 is 0 Å². The number of hydrogen-bond donors (Lipinski definition) is 4. The number of nitrogens with one attached hydrogen (secondary N) is 3. The van der Waals surface area contributed by atoms with Gasteiger partial charge in [-0.2, -0.15) is 15.1 Å². The molecule has 2 heterocycles. The molecule has 8 heteroatoms. The van der Waals surface area contributed by atoms with Gasteiger partial charge in [-0.3, -0.25) is 5.10 Å². The highest BCUT2D eigenvalue weighted by Crippen LogP contribution is 2.39. The summed E-state index contributed by atoms with van der Waals surface area (Å²) < 4.78 is 0. The van der Waals surface area contributed by atoms with Gasteiger partial charge in [-0.1, -0.05) is 23.7 Å². The maximum absolute atomic E-state index is 5.95. The van der Waals surface area contributed by atoms with Crippen LogP contribution in [-0.4, -0.2) is 20.2 Å². The van der Waals surface area contributed by atoms with Crippen LogP contribution in [0.4, 0.5) is 23.4 Å². The number of hydrogen-bond acceptors (Lipinski definition) is 6. The Morgan fingerprint density at radius 2 is 1.85 bits per heavy atom. The first-order valence-electron chi connectivity index (χ1n) is 8.56. The number of halogens is 1. The van der Waals surface area contributed by atoms with Crippen molar-refractivity contribution in [3.8, 4) is 0 Å². The van der Waals surface area contributed by atoms with Gasteiger partial charge in [0.15, 0.2) is 5.82 Å². The van der Waals surface area contributed by atoms with Crippen molar-refractivity contribution in [2.45, 2.75) is 31.7 Å². The van der Waals surface area contributed by atoms with E-state index >= 15 is 0 Å². The first-order valence-corrected chi connectivity index (χ1v) is 8.93. The molecule has 0 radical (unpaired) electrons. The summed E-state index contributed by atoms with van der Waals surface area (Å²) in [6, 6.07) is 11.6. The van der Waals surface area contributed by atoms with E-state index in [1.54, 1.807) is 0 Å². The molecule has 1 aliphatic carbocycles. The molecule has 1 saturated carbocycles. The number of nitrogens with zero attached hydrogens (tertiary/aromatic N) is 3. The first kappa shape index (κ1) is 16.7.